The van der Waals surface area contributed by atoms with E-state index < -0.39 is 55.7 Å². The van der Waals surface area contributed by atoms with E-state index in [9.17, 15) is 26.0 Å². The van der Waals surface area contributed by atoms with Crippen LogP contribution in [0, 0.1) is 0 Å². The summed E-state index contributed by atoms with van der Waals surface area (Å²) in [5.74, 6) is -8.97. The molecule has 3 nitrogen and oxygen atoms in total. The van der Waals surface area contributed by atoms with Crippen molar-refractivity contribution in [2.24, 2.45) is 0 Å². The van der Waals surface area contributed by atoms with Gasteiger partial charge in [-0.2, -0.15) is 8.42 Å². The predicted octanol–water partition coefficient (Wildman–Crippen LogP) is 5.66. The van der Waals surface area contributed by atoms with Gasteiger partial charge in [-0.05, 0) is 30.2 Å². The Bertz CT molecular complexity index is 971. The zero-order valence-corrected chi connectivity index (χ0v) is 16.2. The number of alkyl halides is 6. The first-order valence-corrected chi connectivity index (χ1v) is 9.73. The Labute approximate surface area is 164 Å². The standard InChI is InChI=1S/C19H18F6O3S/c1-16(20,14-9-6-10-15(11-14)29(26,27)28)19(24,25)12-18(23,17(2,21)22)13-7-4-3-5-8-13/h3-11H,12H2,1-2H3,(H,26,27,28). The number of benzene rings is 2. The van der Waals surface area contributed by atoms with Crippen molar-refractivity contribution in [2.75, 3.05) is 0 Å². The molecule has 1 N–H and O–H groups in total. The van der Waals surface area contributed by atoms with Gasteiger partial charge in [-0.15, -0.1) is 0 Å². The maximum Gasteiger partial charge on any atom is 0.294 e. The lowest BCUT2D eigenvalue weighted by atomic mass is 9.79. The maximum absolute atomic E-state index is 15.3. The molecule has 0 fully saturated rings. The number of rotatable bonds is 7. The average molecular weight is 440 g/mol. The lowest BCUT2D eigenvalue weighted by molar-refractivity contribution is -0.211. The molecular formula is C19H18F6O3S. The van der Waals surface area contributed by atoms with Gasteiger partial charge in [-0.25, -0.2) is 26.3 Å². The predicted molar refractivity (Wildman–Crippen MR) is 94.1 cm³/mol. The summed E-state index contributed by atoms with van der Waals surface area (Å²) in [5.41, 5.74) is -9.32. The molecule has 0 aliphatic heterocycles. The third-order valence-electron chi connectivity index (χ3n) is 4.75. The van der Waals surface area contributed by atoms with Crippen LogP contribution in [0.5, 0.6) is 0 Å². The Morgan fingerprint density at radius 2 is 1.34 bits per heavy atom. The van der Waals surface area contributed by atoms with Crippen LogP contribution in [0.4, 0.5) is 26.3 Å². The molecule has 0 saturated heterocycles. The summed E-state index contributed by atoms with van der Waals surface area (Å²) in [6, 6.07) is 8.46. The zero-order chi connectivity index (χ0) is 22.3. The second-order valence-corrected chi connectivity index (χ2v) is 8.36. The molecular weight excluding hydrogens is 422 g/mol. The molecule has 2 rings (SSSR count). The fraction of sp³-hybridized carbons (Fsp3) is 0.368. The Morgan fingerprint density at radius 3 is 1.83 bits per heavy atom. The minimum Gasteiger partial charge on any atom is -0.282 e. The van der Waals surface area contributed by atoms with E-state index in [4.69, 9.17) is 4.55 Å². The number of hydrogen-bond acceptors (Lipinski definition) is 2. The minimum absolute atomic E-state index is 0.116. The normalized spacial score (nSPS) is 17.4. The third-order valence-corrected chi connectivity index (χ3v) is 5.60. The van der Waals surface area contributed by atoms with Crippen molar-refractivity contribution in [3.63, 3.8) is 0 Å². The summed E-state index contributed by atoms with van der Waals surface area (Å²) in [5, 5.41) is 0. The van der Waals surface area contributed by atoms with Crippen molar-refractivity contribution >= 4 is 10.1 Å². The van der Waals surface area contributed by atoms with Crippen molar-refractivity contribution in [1.29, 1.82) is 0 Å². The molecule has 0 saturated carbocycles. The number of halogens is 6. The van der Waals surface area contributed by atoms with Gasteiger partial charge in [0.25, 0.3) is 22.0 Å². The molecule has 0 aromatic heterocycles. The van der Waals surface area contributed by atoms with Gasteiger partial charge in [0.05, 0.1) is 11.3 Å². The summed E-state index contributed by atoms with van der Waals surface area (Å²) >= 11 is 0. The largest absolute Gasteiger partial charge is 0.294 e. The molecule has 0 aliphatic carbocycles. The van der Waals surface area contributed by atoms with Gasteiger partial charge in [0.2, 0.25) is 5.67 Å². The quantitative estimate of drug-likeness (QED) is 0.446. The van der Waals surface area contributed by atoms with Crippen LogP contribution >= 0.6 is 0 Å². The average Bonchev–Trinajstić information content (AvgIpc) is 2.60. The Hall–Kier alpha value is -2.07. The first-order chi connectivity index (χ1) is 13.0. The molecule has 10 heteroatoms. The summed E-state index contributed by atoms with van der Waals surface area (Å²) in [6.45, 7) is 0.444. The summed E-state index contributed by atoms with van der Waals surface area (Å²) in [6.07, 6.45) is -2.21. The van der Waals surface area contributed by atoms with Gasteiger partial charge in [-0.3, -0.25) is 4.55 Å². The lowest BCUT2D eigenvalue weighted by Gasteiger charge is -2.38. The molecule has 2 atom stereocenters. The Kier molecular flexibility index (Phi) is 5.86. The van der Waals surface area contributed by atoms with Crippen LogP contribution in [0.2, 0.25) is 0 Å². The lowest BCUT2D eigenvalue weighted by Crippen LogP contribution is -2.49. The summed E-state index contributed by atoms with van der Waals surface area (Å²) in [7, 11) is -4.84. The van der Waals surface area contributed by atoms with Crippen molar-refractivity contribution in [3.05, 3.63) is 65.7 Å². The fourth-order valence-corrected chi connectivity index (χ4v) is 3.37. The summed E-state index contributed by atoms with van der Waals surface area (Å²) < 4.78 is 120. The van der Waals surface area contributed by atoms with Crippen LogP contribution in [0.25, 0.3) is 0 Å². The second kappa shape index (κ2) is 7.32. The highest BCUT2D eigenvalue weighted by Crippen LogP contribution is 2.53. The van der Waals surface area contributed by atoms with Gasteiger partial charge in [0, 0.05) is 6.92 Å². The molecule has 0 aliphatic rings. The fourth-order valence-electron chi connectivity index (χ4n) is 2.84. The van der Waals surface area contributed by atoms with Crippen LogP contribution in [-0.4, -0.2) is 24.8 Å². The van der Waals surface area contributed by atoms with Crippen LogP contribution in [0.15, 0.2) is 59.5 Å². The molecule has 2 unspecified atom stereocenters. The highest BCUT2D eigenvalue weighted by atomic mass is 32.2. The Morgan fingerprint density at radius 1 is 0.828 bits per heavy atom. The third kappa shape index (κ3) is 4.42. The minimum atomic E-state index is -4.84. The van der Waals surface area contributed by atoms with E-state index in [0.29, 0.717) is 13.0 Å². The van der Waals surface area contributed by atoms with E-state index >= 15 is 8.78 Å². The van der Waals surface area contributed by atoms with E-state index in [1.165, 1.54) is 18.2 Å². The molecule has 2 aromatic rings. The van der Waals surface area contributed by atoms with Gasteiger partial charge >= 0.3 is 0 Å². The van der Waals surface area contributed by atoms with Crippen LogP contribution in [0.1, 0.15) is 31.4 Å². The van der Waals surface area contributed by atoms with Gasteiger partial charge < -0.3 is 0 Å². The first kappa shape index (κ1) is 23.2. The topological polar surface area (TPSA) is 54.4 Å². The van der Waals surface area contributed by atoms with Crippen LogP contribution < -0.4 is 0 Å². The first-order valence-electron chi connectivity index (χ1n) is 8.29. The molecule has 2 aromatic carbocycles. The molecule has 0 heterocycles. The molecule has 0 bridgehead atoms. The highest BCUT2D eigenvalue weighted by Gasteiger charge is 2.63. The Balaban J connectivity index is 2.55. The number of hydrogen-bond donors (Lipinski definition) is 1. The smallest absolute Gasteiger partial charge is 0.282 e. The van der Waals surface area contributed by atoms with Gasteiger partial charge in [0.15, 0.2) is 5.67 Å². The van der Waals surface area contributed by atoms with Crippen molar-refractivity contribution < 1.29 is 39.3 Å². The van der Waals surface area contributed by atoms with Crippen molar-refractivity contribution in [2.45, 2.75) is 48.3 Å². The zero-order valence-electron chi connectivity index (χ0n) is 15.3. The molecule has 160 valence electrons. The van der Waals surface area contributed by atoms with E-state index in [2.05, 4.69) is 0 Å². The van der Waals surface area contributed by atoms with Crippen molar-refractivity contribution in [3.8, 4) is 0 Å². The van der Waals surface area contributed by atoms with E-state index in [1.54, 1.807) is 0 Å². The maximum atomic E-state index is 15.3. The van der Waals surface area contributed by atoms with Crippen LogP contribution in [0.3, 0.4) is 0 Å². The molecule has 0 radical (unpaired) electrons. The van der Waals surface area contributed by atoms with Gasteiger partial charge in [-0.1, -0.05) is 42.5 Å². The van der Waals surface area contributed by atoms with E-state index in [-0.39, 0.29) is 6.92 Å². The van der Waals surface area contributed by atoms with Crippen LogP contribution in [-0.2, 0) is 21.5 Å². The van der Waals surface area contributed by atoms with Gasteiger partial charge in [0.1, 0.15) is 0 Å². The second-order valence-electron chi connectivity index (χ2n) is 6.94. The monoisotopic (exact) mass is 440 g/mol. The van der Waals surface area contributed by atoms with E-state index in [0.717, 1.165) is 30.3 Å². The van der Waals surface area contributed by atoms with E-state index in [1.807, 2.05) is 0 Å². The summed E-state index contributed by atoms with van der Waals surface area (Å²) in [4.78, 5) is -0.870. The molecule has 0 spiro atoms. The SMILES string of the molecule is CC(F)(F)C(F)(CC(F)(F)C(C)(F)c1cccc(S(=O)(=O)O)c1)c1ccccc1. The highest BCUT2D eigenvalue weighted by molar-refractivity contribution is 7.85. The van der Waals surface area contributed by atoms with Crippen molar-refractivity contribution in [1.82, 2.24) is 0 Å². The molecule has 0 amide bonds. The molecule has 29 heavy (non-hydrogen) atoms.